The lowest BCUT2D eigenvalue weighted by Gasteiger charge is -2.22. The van der Waals surface area contributed by atoms with Gasteiger partial charge in [0.15, 0.2) is 0 Å². The molecule has 0 N–H and O–H groups in total. The Kier molecular flexibility index (Phi) is 3.61. The van der Waals surface area contributed by atoms with Gasteiger partial charge in [0.2, 0.25) is 0 Å². The highest BCUT2D eigenvalue weighted by atomic mass is 79.9. The number of hydrogen-bond donors (Lipinski definition) is 0. The van der Waals surface area contributed by atoms with Crippen LogP contribution in [0.25, 0.3) is 0 Å². The van der Waals surface area contributed by atoms with Gasteiger partial charge in [-0.25, -0.2) is 4.79 Å². The minimum absolute atomic E-state index is 0.440. The van der Waals surface area contributed by atoms with Crippen molar-refractivity contribution in [1.29, 1.82) is 0 Å². The first-order valence-corrected chi connectivity index (χ1v) is 4.65. The van der Waals surface area contributed by atoms with E-state index < -0.39 is 16.9 Å². The van der Waals surface area contributed by atoms with Crippen LogP contribution < -0.4 is 0 Å². The van der Waals surface area contributed by atoms with Gasteiger partial charge >= 0.3 is 10.8 Å². The van der Waals surface area contributed by atoms with E-state index in [1.807, 2.05) is 15.9 Å². The van der Waals surface area contributed by atoms with Crippen LogP contribution >= 0.6 is 15.9 Å². The van der Waals surface area contributed by atoms with Crippen molar-refractivity contribution >= 4 is 21.9 Å². The second-order valence-corrected chi connectivity index (χ2v) is 3.71. The summed E-state index contributed by atoms with van der Waals surface area (Å²) >= 11 is 1.93. The van der Waals surface area contributed by atoms with E-state index in [-0.39, 0.29) is 0 Å². The lowest BCUT2D eigenvalue weighted by molar-refractivity contribution is -0.168. The van der Waals surface area contributed by atoms with Gasteiger partial charge in [-0.15, -0.1) is 0 Å². The van der Waals surface area contributed by atoms with Gasteiger partial charge < -0.3 is 9.47 Å². The molecule has 0 aromatic carbocycles. The molecule has 0 aromatic heterocycles. The van der Waals surface area contributed by atoms with Crippen LogP contribution in [0.4, 0.5) is 8.78 Å². The number of rotatable bonds is 2. The van der Waals surface area contributed by atoms with Gasteiger partial charge in [-0.2, -0.15) is 8.78 Å². The first-order valence-electron chi connectivity index (χ1n) is 3.85. The van der Waals surface area contributed by atoms with Gasteiger partial charge in [0.05, 0.1) is 13.2 Å². The number of halogens is 3. The Hall–Kier alpha value is -0.230. The van der Waals surface area contributed by atoms with Crippen LogP contribution in [0.3, 0.4) is 0 Å². The largest absolute Gasteiger partial charge is 0.457 e. The minimum Gasteiger partial charge on any atom is -0.457 e. The number of alkyl halides is 3. The summed E-state index contributed by atoms with van der Waals surface area (Å²) in [5.74, 6) is -1.53. The third kappa shape index (κ3) is 3.56. The predicted molar refractivity (Wildman–Crippen MR) is 43.8 cm³/mol. The lowest BCUT2D eigenvalue weighted by Crippen LogP contribution is -2.32. The molecule has 0 amide bonds. The molecule has 1 heterocycles. The number of ether oxygens (including phenoxy) is 2. The zero-order valence-electron chi connectivity index (χ0n) is 6.76. The van der Waals surface area contributed by atoms with E-state index >= 15 is 0 Å². The number of carbonyl (C=O) groups is 1. The second kappa shape index (κ2) is 4.32. The Morgan fingerprint density at radius 3 is 2.46 bits per heavy atom. The fourth-order valence-electron chi connectivity index (χ4n) is 1.01. The normalized spacial score (nSPS) is 19.9. The van der Waals surface area contributed by atoms with Crippen molar-refractivity contribution in [2.45, 2.75) is 23.8 Å². The van der Waals surface area contributed by atoms with Gasteiger partial charge in [-0.1, -0.05) is 0 Å². The highest BCUT2D eigenvalue weighted by Crippen LogP contribution is 2.25. The maximum atomic E-state index is 12.3. The molecule has 0 radical (unpaired) electrons. The van der Waals surface area contributed by atoms with Crippen LogP contribution in [0.2, 0.25) is 0 Å². The first-order chi connectivity index (χ1) is 6.00. The Morgan fingerprint density at radius 1 is 1.46 bits per heavy atom. The number of esters is 1. The van der Waals surface area contributed by atoms with Crippen molar-refractivity contribution in [3.63, 3.8) is 0 Å². The highest BCUT2D eigenvalue weighted by molar-refractivity contribution is 9.10. The Morgan fingerprint density at radius 2 is 2.00 bits per heavy atom. The van der Waals surface area contributed by atoms with E-state index in [0.29, 0.717) is 26.1 Å². The molecule has 0 unspecified atom stereocenters. The molecule has 0 aliphatic carbocycles. The van der Waals surface area contributed by atoms with E-state index in [1.165, 1.54) is 0 Å². The molecule has 0 bridgehead atoms. The molecule has 1 saturated heterocycles. The molecule has 1 rings (SSSR count). The molecule has 0 saturated carbocycles. The summed E-state index contributed by atoms with van der Waals surface area (Å²) in [5, 5.41) is 0. The Bertz CT molecular complexity index is 187. The minimum atomic E-state index is -3.58. The van der Waals surface area contributed by atoms with Crippen LogP contribution in [0.15, 0.2) is 0 Å². The van der Waals surface area contributed by atoms with Crippen molar-refractivity contribution < 1.29 is 23.0 Å². The van der Waals surface area contributed by atoms with Crippen LogP contribution in [0.1, 0.15) is 12.8 Å². The van der Waals surface area contributed by atoms with Crippen LogP contribution in [-0.4, -0.2) is 30.1 Å². The number of hydrogen-bond acceptors (Lipinski definition) is 3. The van der Waals surface area contributed by atoms with Gasteiger partial charge in [0, 0.05) is 28.8 Å². The molecule has 3 nitrogen and oxygen atoms in total. The zero-order valence-corrected chi connectivity index (χ0v) is 8.35. The van der Waals surface area contributed by atoms with E-state index in [2.05, 4.69) is 4.74 Å². The lowest BCUT2D eigenvalue weighted by atomic mass is 10.2. The van der Waals surface area contributed by atoms with Gasteiger partial charge in [0.1, 0.15) is 6.10 Å². The summed E-state index contributed by atoms with van der Waals surface area (Å²) in [7, 11) is 0. The summed E-state index contributed by atoms with van der Waals surface area (Å²) in [5.41, 5.74) is 0. The van der Waals surface area contributed by atoms with Gasteiger partial charge in [0.25, 0.3) is 0 Å². The maximum Gasteiger partial charge on any atom is 0.396 e. The molecule has 0 atom stereocenters. The predicted octanol–water partition coefficient (Wildman–Crippen LogP) is 1.70. The molecule has 13 heavy (non-hydrogen) atoms. The smallest absolute Gasteiger partial charge is 0.396 e. The van der Waals surface area contributed by atoms with Crippen molar-refractivity contribution in [1.82, 2.24) is 0 Å². The molecule has 0 spiro atoms. The molecular formula is C7H9BrF2O3. The molecule has 76 valence electrons. The monoisotopic (exact) mass is 258 g/mol. The van der Waals surface area contributed by atoms with E-state index in [1.54, 1.807) is 0 Å². The van der Waals surface area contributed by atoms with Gasteiger partial charge in [-0.05, 0) is 0 Å². The second-order valence-electron chi connectivity index (χ2n) is 2.71. The van der Waals surface area contributed by atoms with Crippen molar-refractivity contribution in [3.05, 3.63) is 0 Å². The van der Waals surface area contributed by atoms with Crippen LogP contribution in [-0.2, 0) is 14.3 Å². The summed E-state index contributed by atoms with van der Waals surface area (Å²) in [6.07, 6.45) is 0.522. The summed E-state index contributed by atoms with van der Waals surface area (Å²) < 4.78 is 34.1. The van der Waals surface area contributed by atoms with Crippen LogP contribution in [0.5, 0.6) is 0 Å². The summed E-state index contributed by atoms with van der Waals surface area (Å²) in [6, 6.07) is 0. The zero-order chi connectivity index (χ0) is 9.90. The third-order valence-corrected chi connectivity index (χ3v) is 2.00. The number of carbonyl (C=O) groups excluding carboxylic acids is 1. The molecule has 6 heteroatoms. The van der Waals surface area contributed by atoms with Crippen molar-refractivity contribution in [2.24, 2.45) is 0 Å². The summed E-state index contributed by atoms with van der Waals surface area (Å²) in [4.78, 5) is 7.09. The third-order valence-electron chi connectivity index (χ3n) is 1.67. The average molecular weight is 259 g/mol. The van der Waals surface area contributed by atoms with Gasteiger partial charge in [-0.3, -0.25) is 0 Å². The molecule has 1 fully saturated rings. The average Bonchev–Trinajstić information content (AvgIpc) is 2.04. The van der Waals surface area contributed by atoms with E-state index in [4.69, 9.17) is 4.74 Å². The fraction of sp³-hybridized carbons (Fsp3) is 0.857. The van der Waals surface area contributed by atoms with E-state index in [9.17, 15) is 13.6 Å². The molecular weight excluding hydrogens is 250 g/mol. The maximum absolute atomic E-state index is 12.3. The Labute approximate surface area is 82.5 Å². The SMILES string of the molecule is O=C(OC1CCOCC1)C(F)(F)Br. The highest BCUT2D eigenvalue weighted by Gasteiger charge is 2.38. The molecule has 0 aromatic rings. The fourth-order valence-corrected chi connectivity index (χ4v) is 1.11. The van der Waals surface area contributed by atoms with Crippen molar-refractivity contribution in [3.8, 4) is 0 Å². The molecule has 1 aliphatic heterocycles. The van der Waals surface area contributed by atoms with Crippen LogP contribution in [0, 0.1) is 0 Å². The standard InChI is InChI=1S/C7H9BrF2O3/c8-7(9,10)6(11)13-5-1-3-12-4-2-5/h5H,1-4H2. The van der Waals surface area contributed by atoms with E-state index in [0.717, 1.165) is 0 Å². The topological polar surface area (TPSA) is 35.5 Å². The first kappa shape index (κ1) is 10.8. The summed E-state index contributed by atoms with van der Waals surface area (Å²) in [6.45, 7) is 0.900. The Balaban J connectivity index is 2.35. The van der Waals surface area contributed by atoms with Crippen molar-refractivity contribution in [2.75, 3.05) is 13.2 Å². The molecule has 1 aliphatic rings. The quantitative estimate of drug-likeness (QED) is 0.559.